The summed E-state index contributed by atoms with van der Waals surface area (Å²) in [5.74, 6) is -0.958. The number of hydrogen-bond acceptors (Lipinski definition) is 9. The molecule has 0 heterocycles. The van der Waals surface area contributed by atoms with Crippen molar-refractivity contribution in [1.29, 1.82) is 0 Å². The van der Waals surface area contributed by atoms with Crippen molar-refractivity contribution in [3.05, 3.63) is 90.5 Å². The third-order valence-electron chi connectivity index (χ3n) is 8.06. The molecule has 3 aromatic rings. The van der Waals surface area contributed by atoms with Crippen LogP contribution < -0.4 is 37.1 Å². The normalized spacial score (nSPS) is 20.2. The monoisotopic (exact) mass is 720 g/mol. The van der Waals surface area contributed by atoms with Crippen molar-refractivity contribution in [2.75, 3.05) is 24.3 Å². The van der Waals surface area contributed by atoms with Crippen LogP contribution in [0.4, 0.5) is 21.0 Å². The van der Waals surface area contributed by atoms with E-state index in [1.807, 2.05) is 13.8 Å². The Bertz CT molecular complexity index is 1650. The van der Waals surface area contributed by atoms with Gasteiger partial charge in [-0.2, -0.15) is 0 Å². The molecule has 272 valence electrons. The molecule has 0 saturated heterocycles. The van der Waals surface area contributed by atoms with Crippen molar-refractivity contribution in [2.24, 2.45) is 11.7 Å². The van der Waals surface area contributed by atoms with E-state index in [0.717, 1.165) is 0 Å². The van der Waals surface area contributed by atoms with Crippen molar-refractivity contribution in [3.63, 3.8) is 0 Å². The van der Waals surface area contributed by atoms with Gasteiger partial charge in [0.25, 0.3) is 5.91 Å². The van der Waals surface area contributed by atoms with Gasteiger partial charge < -0.3 is 41.0 Å². The number of methoxy groups -OCH3 is 1. The molecule has 5 atom stereocenters. The van der Waals surface area contributed by atoms with Crippen LogP contribution in [0.25, 0.3) is 0 Å². The second kappa shape index (κ2) is 18.0. The van der Waals surface area contributed by atoms with E-state index in [4.69, 9.17) is 32.2 Å². The molecule has 0 radical (unpaired) electrons. The number of rotatable bonds is 13. The molecule has 5 unspecified atom stereocenters. The molecule has 0 aliphatic heterocycles. The van der Waals surface area contributed by atoms with Crippen LogP contribution in [-0.2, 0) is 25.5 Å². The summed E-state index contributed by atoms with van der Waals surface area (Å²) in [7, 11) is 1.52. The number of amides is 4. The minimum absolute atomic E-state index is 0.0246. The summed E-state index contributed by atoms with van der Waals surface area (Å²) in [6.45, 7) is 4.46. The van der Waals surface area contributed by atoms with Crippen molar-refractivity contribution in [3.8, 4) is 5.75 Å². The van der Waals surface area contributed by atoms with E-state index in [-0.39, 0.29) is 23.9 Å². The van der Waals surface area contributed by atoms with Crippen molar-refractivity contribution in [1.82, 2.24) is 16.0 Å². The Kier molecular flexibility index (Phi) is 13.6. The minimum atomic E-state index is -2.26. The molecular formula is C36H44N6O8S. The van der Waals surface area contributed by atoms with E-state index in [0.29, 0.717) is 29.2 Å². The number of primary amides is 1. The van der Waals surface area contributed by atoms with Crippen LogP contribution in [0.1, 0.15) is 32.3 Å². The fourth-order valence-electron chi connectivity index (χ4n) is 5.48. The van der Waals surface area contributed by atoms with E-state index in [9.17, 15) is 24.3 Å². The topological polar surface area (TPSA) is 202 Å². The van der Waals surface area contributed by atoms with Crippen LogP contribution in [0.3, 0.4) is 0 Å². The summed E-state index contributed by atoms with van der Waals surface area (Å²) in [6.07, 6.45) is -5.30. The molecule has 4 rings (SSSR count). The number of carbonyl (C=O) groups excluding carboxylic acids is 4. The Morgan fingerprint density at radius 1 is 0.882 bits per heavy atom. The van der Waals surface area contributed by atoms with Crippen LogP contribution in [0, 0.1) is 5.92 Å². The minimum Gasteiger partial charge on any atom is -0.497 e. The molecule has 3 aromatic carbocycles. The molecule has 0 aromatic heterocycles. The number of anilines is 2. The van der Waals surface area contributed by atoms with Crippen LogP contribution >= 0.6 is 12.2 Å². The van der Waals surface area contributed by atoms with E-state index in [1.165, 1.54) is 7.11 Å². The average Bonchev–Trinajstić information content (AvgIpc) is 3.09. The standard InChI is InChI=1S/C36H44N6O8S/c1-22(2)21-38-33(51)42-28-19-36(47,32(44)41-27(31(37)43)18-23-14-16-26(48-3)17-15-23)20-29(49-34(45)39-24-10-6-4-7-11-24)30(28)50-35(46)40-25-12-8-5-9-13-25/h4-17,22,27-30,47H,18-21H2,1-3H3,(H2,37,43)(H,39,45)(H,40,46)(H,41,44)(H2,38,42,51). The summed E-state index contributed by atoms with van der Waals surface area (Å²) in [4.78, 5) is 52.9. The van der Waals surface area contributed by atoms with Gasteiger partial charge in [0.15, 0.2) is 11.2 Å². The van der Waals surface area contributed by atoms with Gasteiger partial charge in [0.1, 0.15) is 23.5 Å². The number of thiocarbonyl (C=S) groups is 1. The zero-order chi connectivity index (χ0) is 37.0. The lowest BCUT2D eigenvalue weighted by atomic mass is 9.77. The van der Waals surface area contributed by atoms with Crippen LogP contribution in [0.2, 0.25) is 0 Å². The molecule has 51 heavy (non-hydrogen) atoms. The van der Waals surface area contributed by atoms with Gasteiger partial charge in [0.2, 0.25) is 5.91 Å². The Hall–Kier alpha value is -5.41. The van der Waals surface area contributed by atoms with Gasteiger partial charge in [-0.25, -0.2) is 9.59 Å². The van der Waals surface area contributed by atoms with Gasteiger partial charge >= 0.3 is 12.2 Å². The summed E-state index contributed by atoms with van der Waals surface area (Å²) in [5, 5.41) is 26.1. The highest BCUT2D eigenvalue weighted by molar-refractivity contribution is 7.80. The SMILES string of the molecule is COc1ccc(CC(NC(=O)C2(O)CC(NC(=S)NCC(C)C)C(OC(=O)Nc3ccccc3)C(OC(=O)Nc3ccccc3)C2)C(N)=O)cc1. The lowest BCUT2D eigenvalue weighted by molar-refractivity contribution is -0.158. The molecule has 1 saturated carbocycles. The Labute approximate surface area is 301 Å². The van der Waals surface area contributed by atoms with Crippen molar-refractivity contribution >= 4 is 52.7 Å². The third kappa shape index (κ3) is 11.6. The van der Waals surface area contributed by atoms with Gasteiger partial charge in [-0.1, -0.05) is 62.4 Å². The predicted octanol–water partition coefficient (Wildman–Crippen LogP) is 3.46. The van der Waals surface area contributed by atoms with Gasteiger partial charge in [-0.05, 0) is 60.1 Å². The molecule has 15 heteroatoms. The number of benzene rings is 3. The highest BCUT2D eigenvalue weighted by Gasteiger charge is 2.53. The van der Waals surface area contributed by atoms with Gasteiger partial charge in [0, 0.05) is 37.2 Å². The zero-order valence-electron chi connectivity index (χ0n) is 28.6. The first-order valence-corrected chi connectivity index (χ1v) is 16.8. The average molecular weight is 721 g/mol. The summed E-state index contributed by atoms with van der Waals surface area (Å²) >= 11 is 5.52. The molecule has 8 N–H and O–H groups in total. The molecule has 1 aliphatic carbocycles. The first-order chi connectivity index (χ1) is 24.3. The van der Waals surface area contributed by atoms with Gasteiger partial charge in [-0.15, -0.1) is 0 Å². The molecule has 14 nitrogen and oxygen atoms in total. The Balaban J connectivity index is 1.63. The summed E-state index contributed by atoms with van der Waals surface area (Å²) in [6, 6.07) is 21.6. The smallest absolute Gasteiger partial charge is 0.412 e. The molecule has 1 aliphatic rings. The number of hydrogen-bond donors (Lipinski definition) is 7. The van der Waals surface area contributed by atoms with E-state index < -0.39 is 60.3 Å². The summed E-state index contributed by atoms with van der Waals surface area (Å²) < 4.78 is 16.8. The van der Waals surface area contributed by atoms with Crippen molar-refractivity contribution < 1.29 is 38.5 Å². The van der Waals surface area contributed by atoms with E-state index in [2.05, 4.69) is 26.6 Å². The second-order valence-electron chi connectivity index (χ2n) is 12.6. The maximum absolute atomic E-state index is 13.9. The first-order valence-electron chi connectivity index (χ1n) is 16.4. The highest BCUT2D eigenvalue weighted by Crippen LogP contribution is 2.34. The number of nitrogens with two attached hydrogens (primary N) is 1. The lowest BCUT2D eigenvalue weighted by Crippen LogP contribution is -2.66. The molecular weight excluding hydrogens is 676 g/mol. The number of ether oxygens (including phenoxy) is 3. The molecule has 4 amide bonds. The highest BCUT2D eigenvalue weighted by atomic mass is 32.1. The fraction of sp³-hybridized carbons (Fsp3) is 0.361. The maximum Gasteiger partial charge on any atom is 0.412 e. The quantitative estimate of drug-likeness (QED) is 0.128. The predicted molar refractivity (Wildman–Crippen MR) is 195 cm³/mol. The third-order valence-corrected chi connectivity index (χ3v) is 8.32. The van der Waals surface area contributed by atoms with Crippen LogP contribution in [0.5, 0.6) is 5.75 Å². The Morgan fingerprint density at radius 2 is 1.45 bits per heavy atom. The fourth-order valence-corrected chi connectivity index (χ4v) is 5.72. The zero-order valence-corrected chi connectivity index (χ0v) is 29.4. The van der Waals surface area contributed by atoms with E-state index in [1.54, 1.807) is 84.9 Å². The van der Waals surface area contributed by atoms with Crippen molar-refractivity contribution in [2.45, 2.75) is 63.0 Å². The van der Waals surface area contributed by atoms with Gasteiger partial charge in [0.05, 0.1) is 13.2 Å². The summed E-state index contributed by atoms with van der Waals surface area (Å²) in [5.41, 5.74) is 4.96. The number of aliphatic hydroxyl groups is 1. The van der Waals surface area contributed by atoms with Crippen LogP contribution in [0.15, 0.2) is 84.9 Å². The lowest BCUT2D eigenvalue weighted by Gasteiger charge is -2.44. The number of carbonyl (C=O) groups is 4. The molecule has 1 fully saturated rings. The molecule has 0 spiro atoms. The van der Waals surface area contributed by atoms with Crippen LogP contribution in [-0.4, -0.2) is 77.8 Å². The van der Waals surface area contributed by atoms with Gasteiger partial charge in [-0.3, -0.25) is 20.2 Å². The number of para-hydroxylation sites is 2. The maximum atomic E-state index is 13.9. The molecule has 0 bridgehead atoms. The largest absolute Gasteiger partial charge is 0.497 e. The first kappa shape index (κ1) is 38.4. The van der Waals surface area contributed by atoms with E-state index >= 15 is 0 Å². The Morgan fingerprint density at radius 3 is 1.98 bits per heavy atom. The second-order valence-corrected chi connectivity index (χ2v) is 13.0. The number of nitrogens with one attached hydrogen (secondary N) is 5.